The highest BCUT2D eigenvalue weighted by Crippen LogP contribution is 2.39. The smallest absolute Gasteiger partial charge is 0.337 e. The molecule has 0 aliphatic carbocycles. The van der Waals surface area contributed by atoms with E-state index in [1.807, 2.05) is 56.4 Å². The first-order chi connectivity index (χ1) is 18.4. The van der Waals surface area contributed by atoms with Gasteiger partial charge in [0.2, 0.25) is 0 Å². The van der Waals surface area contributed by atoms with Crippen LogP contribution in [0.2, 0.25) is 10.0 Å². The number of hydrogen-bond acceptors (Lipinski definition) is 5. The number of halogens is 2. The lowest BCUT2D eigenvalue weighted by atomic mass is 10.0. The van der Waals surface area contributed by atoms with Gasteiger partial charge in [-0.1, -0.05) is 60.4 Å². The summed E-state index contributed by atoms with van der Waals surface area (Å²) in [5, 5.41) is 6.34. The lowest BCUT2D eigenvalue weighted by Crippen LogP contribution is -2.02. The molecule has 0 saturated heterocycles. The largest absolute Gasteiger partial charge is 0.489 e. The van der Waals surface area contributed by atoms with Crippen molar-refractivity contribution in [3.8, 4) is 17.0 Å². The van der Waals surface area contributed by atoms with Gasteiger partial charge in [-0.15, -0.1) is 0 Å². The number of esters is 1. The van der Waals surface area contributed by atoms with Crippen molar-refractivity contribution in [3.63, 3.8) is 0 Å². The van der Waals surface area contributed by atoms with E-state index in [4.69, 9.17) is 37.2 Å². The van der Waals surface area contributed by atoms with Crippen LogP contribution in [0.3, 0.4) is 0 Å². The number of nitrogens with zero attached hydrogens (tertiary/aromatic N) is 1. The summed E-state index contributed by atoms with van der Waals surface area (Å²) in [6, 6.07) is 18.7. The van der Waals surface area contributed by atoms with Crippen LogP contribution in [0.4, 0.5) is 0 Å². The average molecular weight is 549 g/mol. The maximum Gasteiger partial charge on any atom is 0.337 e. The fraction of sp³-hybridized carbons (Fsp3) is 0.200. The van der Waals surface area contributed by atoms with Gasteiger partial charge in [-0.25, -0.2) is 4.79 Å². The SMILES string of the molecule is COC(=O)c1cccc(Cc2c[nH]c3ccc(OCc4c(-c5c(Cl)cccc5Cl)noc4C(C)C)cc23)c1. The molecule has 2 aromatic heterocycles. The Morgan fingerprint density at radius 1 is 1.05 bits per heavy atom. The van der Waals surface area contributed by atoms with Gasteiger partial charge in [-0.2, -0.15) is 0 Å². The quantitative estimate of drug-likeness (QED) is 0.197. The second kappa shape index (κ2) is 10.9. The van der Waals surface area contributed by atoms with E-state index in [2.05, 4.69) is 10.1 Å². The van der Waals surface area contributed by atoms with Crippen molar-refractivity contribution in [1.29, 1.82) is 0 Å². The fourth-order valence-electron chi connectivity index (χ4n) is 4.53. The molecule has 5 aromatic rings. The van der Waals surface area contributed by atoms with Gasteiger partial charge < -0.3 is 19.0 Å². The number of hydrogen-bond donors (Lipinski definition) is 1. The number of aromatic nitrogens is 2. The Bertz CT molecular complexity index is 1600. The molecular formula is C30H26Cl2N2O4. The molecule has 0 fully saturated rings. The highest BCUT2D eigenvalue weighted by atomic mass is 35.5. The van der Waals surface area contributed by atoms with Gasteiger partial charge in [0.25, 0.3) is 0 Å². The Hall–Kier alpha value is -3.74. The van der Waals surface area contributed by atoms with E-state index in [1.54, 1.807) is 24.3 Å². The molecule has 1 N–H and O–H groups in total. The van der Waals surface area contributed by atoms with Crippen LogP contribution >= 0.6 is 23.2 Å². The number of aromatic amines is 1. The Kier molecular flexibility index (Phi) is 7.45. The molecule has 0 bridgehead atoms. The van der Waals surface area contributed by atoms with Crippen molar-refractivity contribution in [2.24, 2.45) is 0 Å². The summed E-state index contributed by atoms with van der Waals surface area (Å²) in [5.74, 6) is 1.17. The zero-order valence-corrected chi connectivity index (χ0v) is 22.7. The summed E-state index contributed by atoms with van der Waals surface area (Å²) in [6.07, 6.45) is 2.63. The van der Waals surface area contributed by atoms with Gasteiger partial charge in [-0.05, 0) is 60.0 Å². The zero-order chi connectivity index (χ0) is 26.8. The van der Waals surface area contributed by atoms with E-state index in [0.717, 1.165) is 33.4 Å². The molecule has 38 heavy (non-hydrogen) atoms. The van der Waals surface area contributed by atoms with Gasteiger partial charge >= 0.3 is 5.97 Å². The van der Waals surface area contributed by atoms with Gasteiger partial charge in [0.05, 0.1) is 28.3 Å². The molecule has 0 atom stereocenters. The summed E-state index contributed by atoms with van der Waals surface area (Å²) >= 11 is 13.0. The van der Waals surface area contributed by atoms with Crippen molar-refractivity contribution in [2.75, 3.05) is 7.11 Å². The normalized spacial score (nSPS) is 11.3. The molecule has 0 spiro atoms. The van der Waals surface area contributed by atoms with Crippen molar-refractivity contribution < 1.29 is 18.8 Å². The van der Waals surface area contributed by atoms with Gasteiger partial charge in [0.1, 0.15) is 23.8 Å². The first-order valence-corrected chi connectivity index (χ1v) is 12.9. The van der Waals surface area contributed by atoms with Crippen LogP contribution < -0.4 is 4.74 Å². The minimum Gasteiger partial charge on any atom is -0.489 e. The Balaban J connectivity index is 1.43. The molecule has 8 heteroatoms. The minimum atomic E-state index is -0.353. The molecular weight excluding hydrogens is 523 g/mol. The van der Waals surface area contributed by atoms with Gasteiger partial charge in [0, 0.05) is 28.6 Å². The van der Waals surface area contributed by atoms with Crippen LogP contribution in [-0.2, 0) is 17.8 Å². The first-order valence-electron chi connectivity index (χ1n) is 12.2. The number of fused-ring (bicyclic) bond motifs is 1. The fourth-order valence-corrected chi connectivity index (χ4v) is 5.11. The molecule has 0 unspecified atom stereocenters. The third kappa shape index (κ3) is 5.15. The second-order valence-electron chi connectivity index (χ2n) is 9.30. The number of carbonyl (C=O) groups is 1. The highest BCUT2D eigenvalue weighted by molar-refractivity contribution is 6.39. The van der Waals surface area contributed by atoms with Crippen LogP contribution in [0.15, 0.2) is 71.4 Å². The van der Waals surface area contributed by atoms with Gasteiger partial charge in [0.15, 0.2) is 0 Å². The molecule has 194 valence electrons. The van der Waals surface area contributed by atoms with Crippen LogP contribution in [0.25, 0.3) is 22.2 Å². The van der Waals surface area contributed by atoms with E-state index in [1.165, 1.54) is 7.11 Å². The summed E-state index contributed by atoms with van der Waals surface area (Å²) in [5.41, 5.74) is 5.63. The van der Waals surface area contributed by atoms with Crippen LogP contribution in [-0.4, -0.2) is 23.2 Å². The molecule has 2 heterocycles. The van der Waals surface area contributed by atoms with Crippen LogP contribution in [0.5, 0.6) is 5.75 Å². The van der Waals surface area contributed by atoms with Crippen molar-refractivity contribution in [1.82, 2.24) is 10.1 Å². The van der Waals surface area contributed by atoms with Crippen molar-refractivity contribution in [3.05, 3.63) is 105 Å². The van der Waals surface area contributed by atoms with Crippen LogP contribution in [0.1, 0.15) is 52.6 Å². The number of methoxy groups -OCH3 is 1. The zero-order valence-electron chi connectivity index (χ0n) is 21.2. The van der Waals surface area contributed by atoms with E-state index in [9.17, 15) is 4.79 Å². The topological polar surface area (TPSA) is 77.4 Å². The number of nitrogens with one attached hydrogen (secondary N) is 1. The molecule has 5 rings (SSSR count). The first kappa shape index (κ1) is 25.9. The van der Waals surface area contributed by atoms with Crippen LogP contribution in [0, 0.1) is 0 Å². The lowest BCUT2D eigenvalue weighted by molar-refractivity contribution is 0.0600. The van der Waals surface area contributed by atoms with E-state index < -0.39 is 0 Å². The number of carbonyl (C=O) groups excluding carboxylic acids is 1. The number of benzene rings is 3. The van der Waals surface area contributed by atoms with Gasteiger partial charge in [-0.3, -0.25) is 0 Å². The molecule has 0 aliphatic heterocycles. The molecule has 0 radical (unpaired) electrons. The highest BCUT2D eigenvalue weighted by Gasteiger charge is 2.24. The Morgan fingerprint density at radius 2 is 1.82 bits per heavy atom. The van der Waals surface area contributed by atoms with E-state index in [-0.39, 0.29) is 18.5 Å². The Labute approximate surface area is 230 Å². The van der Waals surface area contributed by atoms with E-state index in [0.29, 0.717) is 39.0 Å². The van der Waals surface area contributed by atoms with E-state index >= 15 is 0 Å². The monoisotopic (exact) mass is 548 g/mol. The standard InChI is InChI=1S/C30H26Cl2N2O4/c1-17(2)29-23(28(34-38-29)27-24(31)8-5-9-25(27)32)16-37-21-10-11-26-22(14-21)20(15-33-26)13-18-6-4-7-19(12-18)30(35)36-3/h4-12,14-15,17,33H,13,16H2,1-3H3. The number of H-pyrrole nitrogens is 1. The summed E-state index contributed by atoms with van der Waals surface area (Å²) in [4.78, 5) is 15.3. The third-order valence-electron chi connectivity index (χ3n) is 6.41. The van der Waals surface area contributed by atoms with Crippen molar-refractivity contribution >= 4 is 40.1 Å². The van der Waals surface area contributed by atoms with Crippen molar-refractivity contribution in [2.45, 2.75) is 32.8 Å². The second-order valence-corrected chi connectivity index (χ2v) is 10.1. The Morgan fingerprint density at radius 3 is 2.55 bits per heavy atom. The predicted octanol–water partition coefficient (Wildman–Crippen LogP) is 8.21. The maximum atomic E-state index is 11.9. The number of rotatable bonds is 8. The summed E-state index contributed by atoms with van der Waals surface area (Å²) in [6.45, 7) is 4.31. The molecule has 0 aliphatic rings. The predicted molar refractivity (Wildman–Crippen MR) is 149 cm³/mol. The lowest BCUT2D eigenvalue weighted by Gasteiger charge is -2.11. The minimum absolute atomic E-state index is 0.0932. The molecule has 3 aromatic carbocycles. The molecule has 0 saturated carbocycles. The molecule has 0 amide bonds. The molecule has 6 nitrogen and oxygen atoms in total. The summed E-state index contributed by atoms with van der Waals surface area (Å²) in [7, 11) is 1.38. The average Bonchev–Trinajstić information content (AvgIpc) is 3.51. The number of ether oxygens (including phenoxy) is 2. The summed E-state index contributed by atoms with van der Waals surface area (Å²) < 4.78 is 16.8. The maximum absolute atomic E-state index is 11.9. The third-order valence-corrected chi connectivity index (χ3v) is 7.04.